The van der Waals surface area contributed by atoms with Crippen LogP contribution in [0.25, 0.3) is 21.3 Å². The Morgan fingerprint density at radius 3 is 2.92 bits per heavy atom. The number of carbonyl (C=O) groups excluding carboxylic acids is 1. The molecule has 0 radical (unpaired) electrons. The van der Waals surface area contributed by atoms with Crippen molar-refractivity contribution in [3.05, 3.63) is 58.1 Å². The van der Waals surface area contributed by atoms with Gasteiger partial charge in [0.05, 0.1) is 15.7 Å². The van der Waals surface area contributed by atoms with Crippen LogP contribution in [0.3, 0.4) is 0 Å². The van der Waals surface area contributed by atoms with E-state index in [4.69, 9.17) is 4.42 Å². The lowest BCUT2D eigenvalue weighted by Crippen LogP contribution is -2.24. The fourth-order valence-corrected chi connectivity index (χ4v) is 3.95. The second-order valence-electron chi connectivity index (χ2n) is 5.92. The van der Waals surface area contributed by atoms with Crippen LogP contribution in [0.15, 0.2) is 45.6 Å². The normalized spacial score (nSPS) is 11.3. The van der Waals surface area contributed by atoms with Crippen molar-refractivity contribution in [1.82, 2.24) is 9.55 Å². The van der Waals surface area contributed by atoms with Crippen LogP contribution in [0.1, 0.15) is 11.1 Å². The first-order chi connectivity index (χ1) is 12.0. The van der Waals surface area contributed by atoms with Crippen molar-refractivity contribution >= 4 is 43.7 Å². The lowest BCUT2D eigenvalue weighted by molar-refractivity contribution is -0.116. The minimum absolute atomic E-state index is 0.121. The molecule has 0 aliphatic rings. The Kier molecular flexibility index (Phi) is 3.65. The van der Waals surface area contributed by atoms with Crippen molar-refractivity contribution in [3.63, 3.8) is 0 Å². The Balaban J connectivity index is 1.61. The summed E-state index contributed by atoms with van der Waals surface area (Å²) in [6.07, 6.45) is 0. The first-order valence-electron chi connectivity index (χ1n) is 7.77. The molecule has 0 spiro atoms. The van der Waals surface area contributed by atoms with Crippen LogP contribution in [0.4, 0.5) is 5.13 Å². The molecule has 0 bridgehead atoms. The number of fused-ring (bicyclic) bond motifs is 2. The molecule has 6 nitrogen and oxygen atoms in total. The first kappa shape index (κ1) is 15.6. The van der Waals surface area contributed by atoms with Gasteiger partial charge in [0.15, 0.2) is 10.7 Å². The molecule has 2 aromatic heterocycles. The van der Waals surface area contributed by atoms with Crippen LogP contribution in [0, 0.1) is 13.8 Å². The molecule has 4 aromatic rings. The average Bonchev–Trinajstić information content (AvgIpc) is 3.09. The number of nitrogens with one attached hydrogen (secondary N) is 1. The molecule has 7 heteroatoms. The van der Waals surface area contributed by atoms with E-state index in [1.165, 1.54) is 15.9 Å². The van der Waals surface area contributed by atoms with Crippen molar-refractivity contribution in [3.8, 4) is 0 Å². The summed E-state index contributed by atoms with van der Waals surface area (Å²) < 4.78 is 7.48. The van der Waals surface area contributed by atoms with Gasteiger partial charge in [-0.2, -0.15) is 0 Å². The van der Waals surface area contributed by atoms with Crippen LogP contribution < -0.4 is 11.1 Å². The number of benzene rings is 2. The van der Waals surface area contributed by atoms with Crippen LogP contribution >= 0.6 is 11.3 Å². The SMILES string of the molecule is Cc1cc(C)c2nc(NC(=O)Cn3c(=O)oc4ccccc43)sc2c1. The summed E-state index contributed by atoms with van der Waals surface area (Å²) in [6, 6.07) is 11.1. The van der Waals surface area contributed by atoms with Gasteiger partial charge in [-0.25, -0.2) is 9.78 Å². The van der Waals surface area contributed by atoms with E-state index in [0.29, 0.717) is 16.2 Å². The lowest BCUT2D eigenvalue weighted by atomic mass is 10.1. The van der Waals surface area contributed by atoms with Crippen molar-refractivity contribution in [2.45, 2.75) is 20.4 Å². The van der Waals surface area contributed by atoms with Crippen molar-refractivity contribution in [2.24, 2.45) is 0 Å². The zero-order chi connectivity index (χ0) is 17.6. The molecule has 2 heterocycles. The largest absolute Gasteiger partial charge is 0.420 e. The van der Waals surface area contributed by atoms with Gasteiger partial charge in [-0.05, 0) is 43.2 Å². The van der Waals surface area contributed by atoms with Crippen molar-refractivity contribution in [1.29, 1.82) is 0 Å². The zero-order valence-electron chi connectivity index (χ0n) is 13.7. The summed E-state index contributed by atoms with van der Waals surface area (Å²) in [7, 11) is 0. The van der Waals surface area contributed by atoms with Gasteiger partial charge >= 0.3 is 5.76 Å². The number of rotatable bonds is 3. The predicted octanol–water partition coefficient (Wildman–Crippen LogP) is 3.46. The third-order valence-electron chi connectivity index (χ3n) is 3.95. The summed E-state index contributed by atoms with van der Waals surface area (Å²) in [6.45, 7) is 3.91. The molecule has 0 aliphatic carbocycles. The third-order valence-corrected chi connectivity index (χ3v) is 4.87. The maximum Gasteiger partial charge on any atom is 0.420 e. The number of nitrogens with zero attached hydrogens (tertiary/aromatic N) is 2. The van der Waals surface area contributed by atoms with Crippen LogP contribution in [0.5, 0.6) is 0 Å². The summed E-state index contributed by atoms with van der Waals surface area (Å²) >= 11 is 1.42. The maximum absolute atomic E-state index is 12.4. The second-order valence-corrected chi connectivity index (χ2v) is 6.95. The van der Waals surface area contributed by atoms with E-state index >= 15 is 0 Å². The highest BCUT2D eigenvalue weighted by Gasteiger charge is 2.14. The molecule has 0 unspecified atom stereocenters. The molecule has 0 saturated heterocycles. The minimum Gasteiger partial charge on any atom is -0.408 e. The van der Waals surface area contributed by atoms with E-state index in [1.807, 2.05) is 19.9 Å². The molecule has 1 N–H and O–H groups in total. The lowest BCUT2D eigenvalue weighted by Gasteiger charge is -2.02. The third kappa shape index (κ3) is 2.83. The van der Waals surface area contributed by atoms with Gasteiger partial charge in [0, 0.05) is 0 Å². The fourth-order valence-electron chi connectivity index (χ4n) is 2.89. The summed E-state index contributed by atoms with van der Waals surface area (Å²) in [5.74, 6) is -0.866. The molecule has 0 fully saturated rings. The molecule has 0 atom stereocenters. The highest BCUT2D eigenvalue weighted by atomic mass is 32.1. The number of carbonyl (C=O) groups is 1. The van der Waals surface area contributed by atoms with E-state index in [2.05, 4.69) is 16.4 Å². The zero-order valence-corrected chi connectivity index (χ0v) is 14.5. The predicted molar refractivity (Wildman–Crippen MR) is 98.2 cm³/mol. The second kappa shape index (κ2) is 5.86. The number of hydrogen-bond donors (Lipinski definition) is 1. The number of amides is 1. The van der Waals surface area contributed by atoms with Crippen LogP contribution in [-0.4, -0.2) is 15.5 Å². The topological polar surface area (TPSA) is 77.1 Å². The molecule has 1 amide bonds. The number of hydrogen-bond acceptors (Lipinski definition) is 5. The van der Waals surface area contributed by atoms with Gasteiger partial charge in [0.25, 0.3) is 0 Å². The monoisotopic (exact) mass is 353 g/mol. The molecule has 0 aliphatic heterocycles. The van der Waals surface area contributed by atoms with Gasteiger partial charge in [-0.3, -0.25) is 9.36 Å². The van der Waals surface area contributed by atoms with Gasteiger partial charge < -0.3 is 9.73 Å². The molecular formula is C18H15N3O3S. The summed E-state index contributed by atoms with van der Waals surface area (Å²) in [5, 5.41) is 3.30. The fraction of sp³-hybridized carbons (Fsp3) is 0.167. The average molecular weight is 353 g/mol. The van der Waals surface area contributed by atoms with Gasteiger partial charge in [-0.1, -0.05) is 29.5 Å². The van der Waals surface area contributed by atoms with Gasteiger partial charge in [0.2, 0.25) is 5.91 Å². The Morgan fingerprint density at radius 2 is 2.08 bits per heavy atom. The van der Waals surface area contributed by atoms with E-state index in [0.717, 1.165) is 21.3 Å². The Bertz CT molecular complexity index is 1170. The number of aryl methyl sites for hydroxylation is 2. The molecular weight excluding hydrogens is 338 g/mol. The first-order valence-corrected chi connectivity index (χ1v) is 8.59. The smallest absolute Gasteiger partial charge is 0.408 e. The van der Waals surface area contributed by atoms with E-state index in [9.17, 15) is 9.59 Å². The van der Waals surface area contributed by atoms with Gasteiger partial charge in [0.1, 0.15) is 6.54 Å². The van der Waals surface area contributed by atoms with E-state index in [1.54, 1.807) is 24.3 Å². The Morgan fingerprint density at radius 1 is 1.28 bits per heavy atom. The molecule has 25 heavy (non-hydrogen) atoms. The van der Waals surface area contributed by atoms with Gasteiger partial charge in [-0.15, -0.1) is 0 Å². The molecule has 0 saturated carbocycles. The summed E-state index contributed by atoms with van der Waals surface area (Å²) in [5.41, 5.74) is 4.17. The number of anilines is 1. The number of para-hydroxylation sites is 2. The standard InChI is InChI=1S/C18H15N3O3S/c1-10-7-11(2)16-14(8-10)25-17(20-16)19-15(22)9-21-12-5-3-4-6-13(12)24-18(21)23/h3-8H,9H2,1-2H3,(H,19,20,22). The molecule has 4 rings (SSSR count). The Labute approximate surface area is 146 Å². The number of aromatic nitrogens is 2. The van der Waals surface area contributed by atoms with E-state index < -0.39 is 5.76 Å². The maximum atomic E-state index is 12.4. The molecule has 126 valence electrons. The minimum atomic E-state index is -0.549. The van der Waals surface area contributed by atoms with Crippen molar-refractivity contribution < 1.29 is 9.21 Å². The Hall–Kier alpha value is -2.93. The highest BCUT2D eigenvalue weighted by Crippen LogP contribution is 2.29. The van der Waals surface area contributed by atoms with Crippen LogP contribution in [0.2, 0.25) is 0 Å². The summed E-state index contributed by atoms with van der Waals surface area (Å²) in [4.78, 5) is 28.8. The molecule has 2 aromatic carbocycles. The quantitative estimate of drug-likeness (QED) is 0.612. The highest BCUT2D eigenvalue weighted by molar-refractivity contribution is 7.22. The number of oxazole rings is 1. The van der Waals surface area contributed by atoms with E-state index in [-0.39, 0.29) is 12.5 Å². The number of thiazole rings is 1. The van der Waals surface area contributed by atoms with Crippen LogP contribution in [-0.2, 0) is 11.3 Å². The van der Waals surface area contributed by atoms with Crippen molar-refractivity contribution in [2.75, 3.05) is 5.32 Å².